The zero-order valence-corrected chi connectivity index (χ0v) is 8.58. The number of rotatable bonds is 5. The van der Waals surface area contributed by atoms with Gasteiger partial charge in [0.05, 0.1) is 31.7 Å². The lowest BCUT2D eigenvalue weighted by atomic mass is 9.97. The van der Waals surface area contributed by atoms with Crippen LogP contribution in [0.25, 0.3) is 0 Å². The summed E-state index contributed by atoms with van der Waals surface area (Å²) in [7, 11) is 0. The lowest BCUT2D eigenvalue weighted by Gasteiger charge is -2.44. The number of halogens is 2. The van der Waals surface area contributed by atoms with Gasteiger partial charge >= 0.3 is 0 Å². The van der Waals surface area contributed by atoms with Crippen molar-refractivity contribution in [2.24, 2.45) is 0 Å². The topological polar surface area (TPSA) is 49.8 Å². The molecular formula is C9H15F2NO3. The number of carbonyl (C=O) groups excluding carboxylic acids is 1. The molecule has 0 unspecified atom stereocenters. The summed E-state index contributed by atoms with van der Waals surface area (Å²) in [6.07, 6.45) is -2.41. The van der Waals surface area contributed by atoms with Crippen molar-refractivity contribution in [2.75, 3.05) is 26.3 Å². The summed E-state index contributed by atoms with van der Waals surface area (Å²) in [5.74, 6) is -0.171. The predicted octanol–water partition coefficient (Wildman–Crippen LogP) is 0.251. The number of amides is 1. The molecule has 1 heterocycles. The second kappa shape index (κ2) is 4.85. The van der Waals surface area contributed by atoms with Gasteiger partial charge in [0, 0.05) is 0 Å². The van der Waals surface area contributed by atoms with Crippen LogP contribution in [-0.2, 0) is 9.53 Å². The van der Waals surface area contributed by atoms with E-state index in [0.29, 0.717) is 13.1 Å². The molecule has 0 aromatic heterocycles. The Balaban J connectivity index is 2.05. The Morgan fingerprint density at radius 1 is 1.60 bits per heavy atom. The minimum absolute atomic E-state index is 0.00180. The molecule has 4 nitrogen and oxygen atoms in total. The summed E-state index contributed by atoms with van der Waals surface area (Å²) >= 11 is 0. The third-order valence-electron chi connectivity index (χ3n) is 2.12. The normalized spacial score (nSPS) is 19.1. The number of β-amino-alcohol motifs (C(OH)–C–C–N with tert-alkyl or cyclic N) is 1. The van der Waals surface area contributed by atoms with Gasteiger partial charge in [-0.25, -0.2) is 8.78 Å². The first kappa shape index (κ1) is 12.3. The van der Waals surface area contributed by atoms with Gasteiger partial charge in [0.1, 0.15) is 6.61 Å². The first-order valence-electron chi connectivity index (χ1n) is 4.77. The Morgan fingerprint density at radius 3 is 2.67 bits per heavy atom. The van der Waals surface area contributed by atoms with E-state index in [-0.39, 0.29) is 18.9 Å². The molecule has 1 aliphatic heterocycles. The maximum Gasteiger partial charge on any atom is 0.261 e. The quantitative estimate of drug-likeness (QED) is 0.680. The van der Waals surface area contributed by atoms with Crippen LogP contribution in [0.3, 0.4) is 0 Å². The van der Waals surface area contributed by atoms with E-state index >= 15 is 0 Å². The lowest BCUT2D eigenvalue weighted by Crippen LogP contribution is -2.61. The molecule has 0 bridgehead atoms. The summed E-state index contributed by atoms with van der Waals surface area (Å²) in [5, 5.41) is 9.35. The standard InChI is InChI=1S/C9H15F2NO3/c1-9(14)5-12(6-9)8(13)2-3-15-4-7(10)11/h7,14H,2-6H2,1H3. The molecule has 0 saturated carbocycles. The third-order valence-corrected chi connectivity index (χ3v) is 2.12. The van der Waals surface area contributed by atoms with E-state index in [4.69, 9.17) is 0 Å². The second-order valence-electron chi connectivity index (χ2n) is 3.96. The first-order chi connectivity index (χ1) is 6.91. The molecule has 6 heteroatoms. The van der Waals surface area contributed by atoms with Gasteiger partial charge in [-0.2, -0.15) is 0 Å². The van der Waals surface area contributed by atoms with Crippen molar-refractivity contribution in [3.05, 3.63) is 0 Å². The Kier molecular flexibility index (Phi) is 3.98. The number of ether oxygens (including phenoxy) is 1. The van der Waals surface area contributed by atoms with E-state index in [1.807, 2.05) is 0 Å². The van der Waals surface area contributed by atoms with E-state index in [2.05, 4.69) is 4.74 Å². The van der Waals surface area contributed by atoms with Crippen LogP contribution in [0, 0.1) is 0 Å². The number of carbonyl (C=O) groups is 1. The minimum atomic E-state index is -2.50. The number of nitrogens with zero attached hydrogens (tertiary/aromatic N) is 1. The molecular weight excluding hydrogens is 208 g/mol. The molecule has 0 aromatic rings. The highest BCUT2D eigenvalue weighted by Crippen LogP contribution is 2.20. The van der Waals surface area contributed by atoms with Crippen LogP contribution in [0.5, 0.6) is 0 Å². The molecule has 15 heavy (non-hydrogen) atoms. The molecule has 0 radical (unpaired) electrons. The summed E-state index contributed by atoms with van der Waals surface area (Å²) in [6.45, 7) is 1.62. The van der Waals surface area contributed by atoms with Crippen LogP contribution < -0.4 is 0 Å². The highest BCUT2D eigenvalue weighted by Gasteiger charge is 2.38. The Morgan fingerprint density at radius 2 is 2.20 bits per heavy atom. The number of hydrogen-bond donors (Lipinski definition) is 1. The van der Waals surface area contributed by atoms with Crippen LogP contribution in [0.1, 0.15) is 13.3 Å². The van der Waals surface area contributed by atoms with E-state index in [1.165, 1.54) is 4.90 Å². The van der Waals surface area contributed by atoms with E-state index in [1.54, 1.807) is 6.92 Å². The van der Waals surface area contributed by atoms with E-state index in [0.717, 1.165) is 0 Å². The van der Waals surface area contributed by atoms with Crippen LogP contribution in [0.2, 0.25) is 0 Å². The SMILES string of the molecule is CC1(O)CN(C(=O)CCOCC(F)F)C1. The highest BCUT2D eigenvalue weighted by atomic mass is 19.3. The van der Waals surface area contributed by atoms with Gasteiger partial charge in [0.25, 0.3) is 6.43 Å². The van der Waals surface area contributed by atoms with Crippen molar-refractivity contribution < 1.29 is 23.4 Å². The smallest absolute Gasteiger partial charge is 0.261 e. The molecule has 1 fully saturated rings. The predicted molar refractivity (Wildman–Crippen MR) is 48.6 cm³/mol. The van der Waals surface area contributed by atoms with Gasteiger partial charge in [0.15, 0.2) is 0 Å². The van der Waals surface area contributed by atoms with Crippen molar-refractivity contribution >= 4 is 5.91 Å². The molecule has 1 amide bonds. The Hall–Kier alpha value is -0.750. The Bertz CT molecular complexity index is 225. The monoisotopic (exact) mass is 223 g/mol. The maximum absolute atomic E-state index is 11.6. The van der Waals surface area contributed by atoms with Crippen molar-refractivity contribution in [3.63, 3.8) is 0 Å². The number of hydrogen-bond acceptors (Lipinski definition) is 3. The summed E-state index contributed by atoms with van der Waals surface area (Å²) in [6, 6.07) is 0. The van der Waals surface area contributed by atoms with Crippen molar-refractivity contribution in [1.29, 1.82) is 0 Å². The molecule has 1 aliphatic rings. The summed E-state index contributed by atoms with van der Waals surface area (Å²) < 4.78 is 27.9. The fourth-order valence-corrected chi connectivity index (χ4v) is 1.44. The Labute approximate surface area is 86.8 Å². The number of likely N-dealkylation sites (tertiary alicyclic amines) is 1. The van der Waals surface area contributed by atoms with Gasteiger partial charge in [-0.05, 0) is 6.92 Å². The summed E-state index contributed by atoms with van der Waals surface area (Å²) in [5.41, 5.74) is -0.792. The van der Waals surface area contributed by atoms with E-state index in [9.17, 15) is 18.7 Å². The minimum Gasteiger partial charge on any atom is -0.386 e. The molecule has 0 spiro atoms. The molecule has 88 valence electrons. The van der Waals surface area contributed by atoms with Crippen LogP contribution in [0.15, 0.2) is 0 Å². The van der Waals surface area contributed by atoms with Gasteiger partial charge in [-0.3, -0.25) is 4.79 Å². The lowest BCUT2D eigenvalue weighted by molar-refractivity contribution is -0.153. The van der Waals surface area contributed by atoms with Crippen LogP contribution >= 0.6 is 0 Å². The van der Waals surface area contributed by atoms with Crippen molar-refractivity contribution in [2.45, 2.75) is 25.4 Å². The maximum atomic E-state index is 11.6. The number of alkyl halides is 2. The van der Waals surface area contributed by atoms with Gasteiger partial charge in [0.2, 0.25) is 5.91 Å². The molecule has 1 rings (SSSR count). The molecule has 0 aromatic carbocycles. The van der Waals surface area contributed by atoms with Gasteiger partial charge in [-0.1, -0.05) is 0 Å². The highest BCUT2D eigenvalue weighted by molar-refractivity contribution is 5.77. The average molecular weight is 223 g/mol. The summed E-state index contributed by atoms with van der Waals surface area (Å²) in [4.78, 5) is 12.8. The zero-order valence-electron chi connectivity index (χ0n) is 8.58. The van der Waals surface area contributed by atoms with Crippen molar-refractivity contribution in [3.8, 4) is 0 Å². The van der Waals surface area contributed by atoms with Crippen LogP contribution in [-0.4, -0.2) is 54.2 Å². The molecule has 0 aliphatic carbocycles. The van der Waals surface area contributed by atoms with Crippen LogP contribution in [0.4, 0.5) is 8.78 Å². The molecule has 1 saturated heterocycles. The second-order valence-corrected chi connectivity index (χ2v) is 3.96. The molecule has 1 N–H and O–H groups in total. The fourth-order valence-electron chi connectivity index (χ4n) is 1.44. The van der Waals surface area contributed by atoms with Gasteiger partial charge in [-0.15, -0.1) is 0 Å². The van der Waals surface area contributed by atoms with E-state index < -0.39 is 18.6 Å². The van der Waals surface area contributed by atoms with Crippen molar-refractivity contribution in [1.82, 2.24) is 4.90 Å². The fraction of sp³-hybridized carbons (Fsp3) is 0.889. The molecule has 0 atom stereocenters. The first-order valence-corrected chi connectivity index (χ1v) is 4.77. The zero-order chi connectivity index (χ0) is 11.5. The largest absolute Gasteiger partial charge is 0.386 e. The van der Waals surface area contributed by atoms with Gasteiger partial charge < -0.3 is 14.7 Å². The average Bonchev–Trinajstić information content (AvgIpc) is 2.07. The third kappa shape index (κ3) is 4.09. The number of aliphatic hydroxyl groups is 1.